The van der Waals surface area contributed by atoms with Gasteiger partial charge in [0.15, 0.2) is 11.5 Å². The van der Waals surface area contributed by atoms with Gasteiger partial charge in [-0.15, -0.1) is 11.3 Å². The molecule has 138 valence electrons. The van der Waals surface area contributed by atoms with Crippen LogP contribution in [-0.2, 0) is 6.54 Å². The third kappa shape index (κ3) is 3.80. The van der Waals surface area contributed by atoms with E-state index in [1.807, 2.05) is 30.3 Å². The fraction of sp³-hybridized carbons (Fsp3) is 0.190. The lowest BCUT2D eigenvalue weighted by Crippen LogP contribution is -2.25. The number of hydrogen-bond acceptors (Lipinski definition) is 4. The average Bonchev–Trinajstić information content (AvgIpc) is 3.19. The standard InChI is InChI=1S/C21H18FNO3S/c1-23(13-14-2-5-16(22)6-3-14)21(24)20-9-8-19(27-20)15-4-7-17-18(12-15)26-11-10-25-17/h2-9,12H,10-11,13H2,1H3. The van der Waals surface area contributed by atoms with Gasteiger partial charge < -0.3 is 14.4 Å². The minimum atomic E-state index is -0.282. The highest BCUT2D eigenvalue weighted by atomic mass is 32.1. The van der Waals surface area contributed by atoms with Gasteiger partial charge in [-0.2, -0.15) is 0 Å². The number of fused-ring (bicyclic) bond motifs is 1. The Hall–Kier alpha value is -2.86. The van der Waals surface area contributed by atoms with Gasteiger partial charge in [-0.25, -0.2) is 4.39 Å². The van der Waals surface area contributed by atoms with Gasteiger partial charge in [-0.05, 0) is 53.6 Å². The summed E-state index contributed by atoms with van der Waals surface area (Å²) in [6, 6.07) is 15.8. The zero-order valence-corrected chi connectivity index (χ0v) is 15.6. The molecule has 1 amide bonds. The van der Waals surface area contributed by atoms with E-state index in [0.29, 0.717) is 24.6 Å². The van der Waals surface area contributed by atoms with Gasteiger partial charge in [0.1, 0.15) is 19.0 Å². The maximum absolute atomic E-state index is 13.0. The second-order valence-corrected chi connectivity index (χ2v) is 7.39. The fourth-order valence-corrected chi connectivity index (χ4v) is 3.93. The maximum atomic E-state index is 13.0. The number of amides is 1. The summed E-state index contributed by atoms with van der Waals surface area (Å²) in [5.41, 5.74) is 1.88. The molecule has 0 aliphatic carbocycles. The zero-order valence-electron chi connectivity index (χ0n) is 14.8. The second kappa shape index (κ2) is 7.40. The molecule has 0 saturated heterocycles. The van der Waals surface area contributed by atoms with Crippen LogP contribution in [0, 0.1) is 5.82 Å². The highest BCUT2D eigenvalue weighted by Crippen LogP contribution is 2.37. The monoisotopic (exact) mass is 383 g/mol. The molecule has 0 fully saturated rings. The van der Waals surface area contributed by atoms with E-state index < -0.39 is 0 Å². The predicted octanol–water partition coefficient (Wildman–Crippen LogP) is 4.60. The van der Waals surface area contributed by atoms with Crippen LogP contribution in [0.2, 0.25) is 0 Å². The van der Waals surface area contributed by atoms with Gasteiger partial charge >= 0.3 is 0 Å². The van der Waals surface area contributed by atoms with E-state index in [0.717, 1.165) is 27.5 Å². The number of carbonyl (C=O) groups is 1. The van der Waals surface area contributed by atoms with Crippen LogP contribution in [0.25, 0.3) is 10.4 Å². The van der Waals surface area contributed by atoms with E-state index in [4.69, 9.17) is 9.47 Å². The summed E-state index contributed by atoms with van der Waals surface area (Å²) in [5.74, 6) is 1.13. The smallest absolute Gasteiger partial charge is 0.263 e. The molecule has 0 N–H and O–H groups in total. The number of ether oxygens (including phenoxy) is 2. The number of hydrogen-bond donors (Lipinski definition) is 0. The highest BCUT2D eigenvalue weighted by Gasteiger charge is 2.17. The van der Waals surface area contributed by atoms with Crippen molar-refractivity contribution in [2.75, 3.05) is 20.3 Å². The lowest BCUT2D eigenvalue weighted by molar-refractivity contribution is 0.0790. The molecule has 4 nitrogen and oxygen atoms in total. The Labute approximate surface area is 160 Å². The molecule has 6 heteroatoms. The molecule has 0 spiro atoms. The normalized spacial score (nSPS) is 12.7. The summed E-state index contributed by atoms with van der Waals surface area (Å²) >= 11 is 1.44. The van der Waals surface area contributed by atoms with Crippen LogP contribution in [0.5, 0.6) is 11.5 Å². The van der Waals surface area contributed by atoms with Crippen molar-refractivity contribution in [1.29, 1.82) is 0 Å². The lowest BCUT2D eigenvalue weighted by Gasteiger charge is -2.18. The number of rotatable bonds is 4. The molecular weight excluding hydrogens is 365 g/mol. The number of nitrogens with zero attached hydrogens (tertiary/aromatic N) is 1. The van der Waals surface area contributed by atoms with Crippen molar-refractivity contribution in [2.45, 2.75) is 6.54 Å². The van der Waals surface area contributed by atoms with E-state index in [1.165, 1.54) is 23.5 Å². The molecule has 0 radical (unpaired) electrons. The Morgan fingerprint density at radius 2 is 1.78 bits per heavy atom. The minimum absolute atomic E-state index is 0.0619. The van der Waals surface area contributed by atoms with Crippen molar-refractivity contribution in [3.05, 3.63) is 70.9 Å². The van der Waals surface area contributed by atoms with Crippen molar-refractivity contribution in [3.63, 3.8) is 0 Å². The molecule has 27 heavy (non-hydrogen) atoms. The first-order chi connectivity index (χ1) is 13.1. The summed E-state index contributed by atoms with van der Waals surface area (Å²) in [6.45, 7) is 1.53. The Balaban J connectivity index is 1.49. The summed E-state index contributed by atoms with van der Waals surface area (Å²) in [4.78, 5) is 16.0. The Kier molecular flexibility index (Phi) is 4.81. The quantitative estimate of drug-likeness (QED) is 0.661. The molecule has 0 unspecified atom stereocenters. The van der Waals surface area contributed by atoms with Crippen LogP contribution in [0.15, 0.2) is 54.6 Å². The number of thiophene rings is 1. The molecule has 3 aromatic rings. The summed E-state index contributed by atoms with van der Waals surface area (Å²) < 4.78 is 24.2. The molecule has 2 heterocycles. The van der Waals surface area contributed by atoms with Gasteiger partial charge in [0.2, 0.25) is 0 Å². The van der Waals surface area contributed by atoms with Crippen molar-refractivity contribution in [2.24, 2.45) is 0 Å². The third-order valence-electron chi connectivity index (χ3n) is 4.32. The predicted molar refractivity (Wildman–Crippen MR) is 103 cm³/mol. The molecule has 1 aliphatic heterocycles. The van der Waals surface area contributed by atoms with Gasteiger partial charge in [0.25, 0.3) is 5.91 Å². The van der Waals surface area contributed by atoms with Gasteiger partial charge in [-0.3, -0.25) is 4.79 Å². The lowest BCUT2D eigenvalue weighted by atomic mass is 10.1. The van der Waals surface area contributed by atoms with E-state index in [9.17, 15) is 9.18 Å². The minimum Gasteiger partial charge on any atom is -0.486 e. The second-order valence-electron chi connectivity index (χ2n) is 6.31. The Bertz CT molecular complexity index is 968. The Morgan fingerprint density at radius 1 is 1.04 bits per heavy atom. The molecule has 4 rings (SSSR count). The SMILES string of the molecule is CN(Cc1ccc(F)cc1)C(=O)c1ccc(-c2ccc3c(c2)OCCO3)s1. The molecule has 0 bridgehead atoms. The summed E-state index contributed by atoms with van der Waals surface area (Å²) in [6.07, 6.45) is 0. The van der Waals surface area contributed by atoms with Gasteiger partial charge in [0.05, 0.1) is 4.88 Å². The molecular formula is C21H18FNO3S. The van der Waals surface area contributed by atoms with Crippen molar-refractivity contribution >= 4 is 17.2 Å². The van der Waals surface area contributed by atoms with Crippen LogP contribution in [0.3, 0.4) is 0 Å². The topological polar surface area (TPSA) is 38.8 Å². The van der Waals surface area contributed by atoms with E-state index in [2.05, 4.69) is 0 Å². The first kappa shape index (κ1) is 17.5. The fourth-order valence-electron chi connectivity index (χ4n) is 2.93. The largest absolute Gasteiger partial charge is 0.486 e. The third-order valence-corrected chi connectivity index (χ3v) is 5.45. The van der Waals surface area contributed by atoms with Crippen LogP contribution in [-0.4, -0.2) is 31.1 Å². The zero-order chi connectivity index (χ0) is 18.8. The van der Waals surface area contributed by atoms with E-state index >= 15 is 0 Å². The number of carbonyl (C=O) groups excluding carboxylic acids is 1. The summed E-state index contributed by atoms with van der Waals surface area (Å²) in [5, 5.41) is 0. The number of benzene rings is 2. The van der Waals surface area contributed by atoms with Crippen LogP contribution in [0.4, 0.5) is 4.39 Å². The van der Waals surface area contributed by atoms with Crippen molar-refractivity contribution in [1.82, 2.24) is 4.90 Å². The molecule has 1 aromatic heterocycles. The van der Waals surface area contributed by atoms with Crippen LogP contribution in [0.1, 0.15) is 15.2 Å². The number of halogens is 1. The van der Waals surface area contributed by atoms with Crippen molar-refractivity contribution < 1.29 is 18.7 Å². The van der Waals surface area contributed by atoms with Crippen molar-refractivity contribution in [3.8, 4) is 21.9 Å². The maximum Gasteiger partial charge on any atom is 0.263 e. The highest BCUT2D eigenvalue weighted by molar-refractivity contribution is 7.17. The van der Waals surface area contributed by atoms with Gasteiger partial charge in [-0.1, -0.05) is 12.1 Å². The molecule has 2 aromatic carbocycles. The van der Waals surface area contributed by atoms with E-state index in [1.54, 1.807) is 24.1 Å². The first-order valence-corrected chi connectivity index (χ1v) is 9.41. The average molecular weight is 383 g/mol. The summed E-state index contributed by atoms with van der Waals surface area (Å²) in [7, 11) is 1.75. The van der Waals surface area contributed by atoms with E-state index in [-0.39, 0.29) is 11.7 Å². The molecule has 1 aliphatic rings. The first-order valence-electron chi connectivity index (χ1n) is 8.60. The van der Waals surface area contributed by atoms with Gasteiger partial charge in [0, 0.05) is 18.5 Å². The Morgan fingerprint density at radius 3 is 2.56 bits per heavy atom. The molecule has 0 atom stereocenters. The molecule has 0 saturated carbocycles. The van der Waals surface area contributed by atoms with Crippen LogP contribution < -0.4 is 9.47 Å². The van der Waals surface area contributed by atoms with Crippen LogP contribution >= 0.6 is 11.3 Å².